The Morgan fingerprint density at radius 1 is 1.48 bits per heavy atom. The molecule has 1 atom stereocenters. The zero-order valence-corrected chi connectivity index (χ0v) is 12.5. The molecule has 7 heteroatoms. The third kappa shape index (κ3) is 2.56. The van der Waals surface area contributed by atoms with Crippen LogP contribution in [0.15, 0.2) is 17.1 Å². The van der Waals surface area contributed by atoms with Gasteiger partial charge in [-0.1, -0.05) is 0 Å². The van der Waals surface area contributed by atoms with Gasteiger partial charge in [-0.15, -0.1) is 0 Å². The third-order valence-corrected chi connectivity index (χ3v) is 3.77. The maximum absolute atomic E-state index is 11.9. The Morgan fingerprint density at radius 2 is 2.29 bits per heavy atom. The Bertz CT molecular complexity index is 686. The fourth-order valence-electron chi connectivity index (χ4n) is 2.72. The summed E-state index contributed by atoms with van der Waals surface area (Å²) in [5, 5.41) is 4.22. The number of anilines is 1. The fraction of sp³-hybridized carbons (Fsp3) is 0.500. The molecule has 1 saturated heterocycles. The van der Waals surface area contributed by atoms with Crippen LogP contribution in [0.2, 0.25) is 0 Å². The number of rotatable bonds is 2. The molecule has 1 fully saturated rings. The molecule has 0 amide bonds. The van der Waals surface area contributed by atoms with Gasteiger partial charge < -0.3 is 14.6 Å². The zero-order chi connectivity index (χ0) is 15.0. The summed E-state index contributed by atoms with van der Waals surface area (Å²) < 4.78 is 7.19. The second-order valence-electron chi connectivity index (χ2n) is 5.38. The van der Waals surface area contributed by atoms with Crippen molar-refractivity contribution < 1.29 is 4.74 Å². The van der Waals surface area contributed by atoms with Gasteiger partial charge in [0.2, 0.25) is 0 Å². The lowest BCUT2D eigenvalue weighted by Crippen LogP contribution is -2.44. The van der Waals surface area contributed by atoms with Gasteiger partial charge in [-0.2, -0.15) is 10.1 Å². The smallest absolute Gasteiger partial charge is 0.347 e. The van der Waals surface area contributed by atoms with Crippen LogP contribution in [0.3, 0.4) is 0 Å². The molecule has 0 bridgehead atoms. The summed E-state index contributed by atoms with van der Waals surface area (Å²) >= 11 is 0. The average Bonchev–Trinajstić information content (AvgIpc) is 2.78. The first kappa shape index (κ1) is 13.8. The first-order valence-corrected chi connectivity index (χ1v) is 7.01. The van der Waals surface area contributed by atoms with Crippen LogP contribution in [0.5, 0.6) is 0 Å². The molecule has 1 aliphatic rings. The Kier molecular flexibility index (Phi) is 3.50. The van der Waals surface area contributed by atoms with Crippen molar-refractivity contribution >= 4 is 5.82 Å². The SMILES string of the molecule is Cc1cnn(C)c1-c1cc(N2CCOC[C@H]2C)nc(=O)[nH]1. The predicted molar refractivity (Wildman–Crippen MR) is 79.4 cm³/mol. The minimum absolute atomic E-state index is 0.202. The number of nitrogens with one attached hydrogen (secondary N) is 1. The van der Waals surface area contributed by atoms with E-state index >= 15 is 0 Å². The molecule has 2 aromatic rings. The Labute approximate surface area is 122 Å². The molecule has 1 N–H and O–H groups in total. The molecule has 1 aliphatic heterocycles. The normalized spacial score (nSPS) is 19.0. The third-order valence-electron chi connectivity index (χ3n) is 3.77. The maximum Gasteiger partial charge on any atom is 0.347 e. The summed E-state index contributed by atoms with van der Waals surface area (Å²) in [4.78, 5) is 20.9. The molecule has 21 heavy (non-hydrogen) atoms. The number of H-pyrrole nitrogens is 1. The number of hydrogen-bond acceptors (Lipinski definition) is 5. The summed E-state index contributed by atoms with van der Waals surface area (Å²) in [5.74, 6) is 0.685. The van der Waals surface area contributed by atoms with Crippen LogP contribution in [0.1, 0.15) is 12.5 Å². The highest BCUT2D eigenvalue weighted by atomic mass is 16.5. The van der Waals surface area contributed by atoms with Gasteiger partial charge in [0.05, 0.1) is 36.8 Å². The highest BCUT2D eigenvalue weighted by Crippen LogP contribution is 2.23. The van der Waals surface area contributed by atoms with Crippen LogP contribution in [0.25, 0.3) is 11.4 Å². The monoisotopic (exact) mass is 289 g/mol. The number of ether oxygens (including phenoxy) is 1. The van der Waals surface area contributed by atoms with E-state index in [0.29, 0.717) is 19.0 Å². The van der Waals surface area contributed by atoms with Gasteiger partial charge in [-0.05, 0) is 19.4 Å². The number of nitrogens with zero attached hydrogens (tertiary/aromatic N) is 4. The van der Waals surface area contributed by atoms with E-state index in [9.17, 15) is 4.79 Å². The minimum Gasteiger partial charge on any atom is -0.377 e. The predicted octanol–water partition coefficient (Wildman–Crippen LogP) is 0.704. The second-order valence-corrected chi connectivity index (χ2v) is 5.38. The van der Waals surface area contributed by atoms with Gasteiger partial charge in [-0.25, -0.2) is 4.79 Å². The summed E-state index contributed by atoms with van der Waals surface area (Å²) in [6, 6.07) is 2.11. The van der Waals surface area contributed by atoms with E-state index in [1.54, 1.807) is 10.9 Å². The fourth-order valence-corrected chi connectivity index (χ4v) is 2.72. The van der Waals surface area contributed by atoms with Crippen molar-refractivity contribution in [1.29, 1.82) is 0 Å². The second kappa shape index (κ2) is 5.33. The number of hydrogen-bond donors (Lipinski definition) is 1. The Balaban J connectivity index is 2.06. The van der Waals surface area contributed by atoms with Gasteiger partial charge in [-0.3, -0.25) is 4.68 Å². The molecule has 3 heterocycles. The Hall–Kier alpha value is -2.15. The minimum atomic E-state index is -0.346. The maximum atomic E-state index is 11.9. The topological polar surface area (TPSA) is 76.0 Å². The van der Waals surface area contributed by atoms with Crippen molar-refractivity contribution in [3.05, 3.63) is 28.3 Å². The highest BCUT2D eigenvalue weighted by Gasteiger charge is 2.22. The van der Waals surface area contributed by atoms with Crippen molar-refractivity contribution in [2.45, 2.75) is 19.9 Å². The summed E-state index contributed by atoms with van der Waals surface area (Å²) in [6.45, 7) is 6.07. The molecule has 0 aromatic carbocycles. The molecular weight excluding hydrogens is 270 g/mol. The van der Waals surface area contributed by atoms with Crippen molar-refractivity contribution in [2.75, 3.05) is 24.7 Å². The molecule has 3 rings (SSSR count). The van der Waals surface area contributed by atoms with Crippen LogP contribution in [-0.2, 0) is 11.8 Å². The van der Waals surface area contributed by atoms with Gasteiger partial charge >= 0.3 is 5.69 Å². The molecular formula is C14H19N5O2. The number of aromatic amines is 1. The summed E-state index contributed by atoms with van der Waals surface area (Å²) in [7, 11) is 1.86. The average molecular weight is 289 g/mol. The lowest BCUT2D eigenvalue weighted by Gasteiger charge is -2.34. The lowest BCUT2D eigenvalue weighted by molar-refractivity contribution is 0.0985. The Morgan fingerprint density at radius 3 is 2.95 bits per heavy atom. The van der Waals surface area contributed by atoms with Gasteiger partial charge in [0.25, 0.3) is 0 Å². The molecule has 0 saturated carbocycles. The van der Waals surface area contributed by atoms with E-state index in [4.69, 9.17) is 4.74 Å². The molecule has 112 valence electrons. The molecule has 0 aliphatic carbocycles. The molecule has 0 unspecified atom stereocenters. The van der Waals surface area contributed by atoms with Crippen LogP contribution in [-0.4, -0.2) is 45.5 Å². The molecule has 0 radical (unpaired) electrons. The van der Waals surface area contributed by atoms with E-state index in [1.807, 2.05) is 20.0 Å². The summed E-state index contributed by atoms with van der Waals surface area (Å²) in [5.41, 5.74) is 2.31. The lowest BCUT2D eigenvalue weighted by atomic mass is 10.2. The number of morpholine rings is 1. The molecule has 2 aromatic heterocycles. The van der Waals surface area contributed by atoms with Crippen LogP contribution >= 0.6 is 0 Å². The quantitative estimate of drug-likeness (QED) is 0.881. The van der Waals surface area contributed by atoms with E-state index in [0.717, 1.165) is 23.5 Å². The number of aryl methyl sites for hydroxylation is 2. The van der Waals surface area contributed by atoms with Gasteiger partial charge in [0.15, 0.2) is 0 Å². The van der Waals surface area contributed by atoms with Gasteiger partial charge in [0, 0.05) is 19.7 Å². The molecule has 7 nitrogen and oxygen atoms in total. The van der Waals surface area contributed by atoms with E-state index in [-0.39, 0.29) is 11.7 Å². The standard InChI is InChI=1S/C14H19N5O2/c1-9-7-15-18(3)13(9)11-6-12(17-14(20)16-11)19-4-5-21-8-10(19)2/h6-7,10H,4-5,8H2,1-3H3,(H,16,17,20)/t10-/m1/s1. The van der Waals surface area contributed by atoms with Crippen molar-refractivity contribution in [1.82, 2.24) is 19.7 Å². The van der Waals surface area contributed by atoms with E-state index in [1.165, 1.54) is 0 Å². The van der Waals surface area contributed by atoms with E-state index in [2.05, 4.69) is 26.9 Å². The van der Waals surface area contributed by atoms with Crippen LogP contribution in [0.4, 0.5) is 5.82 Å². The van der Waals surface area contributed by atoms with Gasteiger partial charge in [0.1, 0.15) is 5.82 Å². The van der Waals surface area contributed by atoms with Crippen molar-refractivity contribution in [3.8, 4) is 11.4 Å². The largest absolute Gasteiger partial charge is 0.377 e. The van der Waals surface area contributed by atoms with Crippen molar-refractivity contribution in [2.24, 2.45) is 7.05 Å². The van der Waals surface area contributed by atoms with Crippen molar-refractivity contribution in [3.63, 3.8) is 0 Å². The number of aromatic nitrogens is 4. The first-order valence-electron chi connectivity index (χ1n) is 7.01. The van der Waals surface area contributed by atoms with E-state index < -0.39 is 0 Å². The first-order chi connectivity index (χ1) is 10.1. The molecule has 0 spiro atoms. The summed E-state index contributed by atoms with van der Waals surface area (Å²) in [6.07, 6.45) is 1.78. The van der Waals surface area contributed by atoms with Crippen LogP contribution in [0, 0.1) is 6.92 Å². The highest BCUT2D eigenvalue weighted by molar-refractivity contribution is 5.62. The van der Waals surface area contributed by atoms with Crippen LogP contribution < -0.4 is 10.6 Å². The zero-order valence-electron chi connectivity index (χ0n) is 12.5.